The molecule has 2 aliphatic rings. The number of rotatable bonds is 13. The first-order valence-electron chi connectivity index (χ1n) is 22.3. The van der Waals surface area contributed by atoms with Gasteiger partial charge in [-0.05, 0) is 141 Å². The Labute approximate surface area is 379 Å². The second-order valence-corrected chi connectivity index (χ2v) is 20.1. The second-order valence-electron chi connectivity index (χ2n) is 18.7. The molecule has 1 heterocycles. The molecular formula is C53H64N4O6S. The van der Waals surface area contributed by atoms with E-state index in [0.29, 0.717) is 50.6 Å². The third-order valence-electron chi connectivity index (χ3n) is 12.2. The lowest BCUT2D eigenvalue weighted by molar-refractivity contribution is -0.119. The normalized spacial score (nSPS) is 12.4. The fourth-order valence-corrected chi connectivity index (χ4v) is 9.41. The Kier molecular flexibility index (Phi) is 14.0. The number of amides is 2. The molecule has 0 atom stereocenters. The van der Waals surface area contributed by atoms with Crippen LogP contribution in [0.1, 0.15) is 99.9 Å². The Balaban J connectivity index is 1.62. The van der Waals surface area contributed by atoms with Gasteiger partial charge in [0.25, 0.3) is 10.1 Å². The third-order valence-corrected chi connectivity index (χ3v) is 13.1. The predicted octanol–water partition coefficient (Wildman–Crippen LogP) is 12.9. The highest BCUT2D eigenvalue weighted by atomic mass is 32.2. The highest BCUT2D eigenvalue weighted by Crippen LogP contribution is 2.44. The molecule has 1 aliphatic carbocycles. The van der Waals surface area contributed by atoms with E-state index in [0.717, 1.165) is 80.2 Å². The summed E-state index contributed by atoms with van der Waals surface area (Å²) in [5.41, 5.74) is 14.2. The van der Waals surface area contributed by atoms with Gasteiger partial charge >= 0.3 is 0 Å². The van der Waals surface area contributed by atoms with Crippen molar-refractivity contribution in [3.8, 4) is 22.5 Å². The topological polar surface area (TPSA) is 150 Å². The van der Waals surface area contributed by atoms with Crippen LogP contribution in [0.5, 0.6) is 0 Å². The number of carbonyl (C=O) groups excluding carboxylic acids is 2. The van der Waals surface area contributed by atoms with E-state index >= 15 is 0 Å². The van der Waals surface area contributed by atoms with E-state index < -0.39 is 10.1 Å². The molecule has 1 aliphatic heterocycles. The lowest BCUT2D eigenvalue weighted by Gasteiger charge is -2.25. The zero-order valence-corrected chi connectivity index (χ0v) is 40.7. The number of anilines is 4. The first kappa shape index (κ1) is 47.7. The van der Waals surface area contributed by atoms with Gasteiger partial charge in [0.2, 0.25) is 11.8 Å². The third kappa shape index (κ3) is 9.66. The summed E-state index contributed by atoms with van der Waals surface area (Å²) in [5, 5.41) is 11.3. The molecule has 4 aromatic carbocycles. The van der Waals surface area contributed by atoms with Crippen LogP contribution in [0.4, 0.5) is 28.4 Å². The molecule has 0 unspecified atom stereocenters. The van der Waals surface area contributed by atoms with Gasteiger partial charge in [-0.1, -0.05) is 73.6 Å². The molecule has 64 heavy (non-hydrogen) atoms. The molecule has 2 amide bonds. The molecule has 0 radical (unpaired) electrons. The number of hydrogen-bond acceptors (Lipinski definition) is 7. The second kappa shape index (κ2) is 18.7. The summed E-state index contributed by atoms with van der Waals surface area (Å²) in [5.74, 6) is 0.668. The quantitative estimate of drug-likeness (QED) is 0.0666. The van der Waals surface area contributed by atoms with Crippen molar-refractivity contribution in [2.75, 3.05) is 16.0 Å². The van der Waals surface area contributed by atoms with E-state index in [4.69, 9.17) is 9.41 Å². The number of carbonyl (C=O) groups is 2. The molecule has 4 aromatic rings. The van der Waals surface area contributed by atoms with E-state index in [1.807, 2.05) is 77.9 Å². The molecular weight excluding hydrogens is 821 g/mol. The lowest BCUT2D eigenvalue weighted by Crippen LogP contribution is -2.20. The monoisotopic (exact) mass is 884 g/mol. The zero-order chi connectivity index (χ0) is 47.1. The van der Waals surface area contributed by atoms with Gasteiger partial charge in [-0.15, -0.1) is 0 Å². The van der Waals surface area contributed by atoms with Crippen LogP contribution in [-0.2, 0) is 32.5 Å². The number of fused-ring (bicyclic) bond motifs is 2. The summed E-state index contributed by atoms with van der Waals surface area (Å²) in [7, 11) is -4.63. The fraction of sp³-hybridized carbons (Fsp3) is 0.377. The molecule has 0 aromatic heterocycles. The van der Waals surface area contributed by atoms with Crippen LogP contribution in [0, 0.1) is 65.2 Å². The van der Waals surface area contributed by atoms with Crippen molar-refractivity contribution in [3.63, 3.8) is 0 Å². The van der Waals surface area contributed by atoms with Crippen LogP contribution in [0.15, 0.2) is 75.0 Å². The smallest absolute Gasteiger partial charge is 0.295 e. The maximum atomic E-state index is 13.1. The summed E-state index contributed by atoms with van der Waals surface area (Å²) in [4.78, 5) is 31.1. The summed E-state index contributed by atoms with van der Waals surface area (Å²) in [6.07, 6.45) is 1.64. The predicted molar refractivity (Wildman–Crippen MR) is 262 cm³/mol. The van der Waals surface area contributed by atoms with Gasteiger partial charge in [0, 0.05) is 68.8 Å². The standard InChI is InChI=1S/C53H64N4O6S/c1-27(2)23-42-31(9)48(35(13)50(33(42)11)56-52(58)29(5)6)54-37-19-21-39-44(25-37)63-45-26-38(20-22-40(45)47(39)41-17-15-16-18-46(41)64(60,61)62)55-49-32(10)43(24-28(3)4)34(12)51(36(49)14)57-53(59)30(7)8/h15-22,25-30,54H,23-24H2,1-14H3,(H,56,58)(H,57,59)(H,60,61,62). The van der Waals surface area contributed by atoms with Crippen molar-refractivity contribution in [1.29, 1.82) is 0 Å². The largest absolute Gasteiger partial charge is 0.456 e. The van der Waals surface area contributed by atoms with Crippen molar-refractivity contribution in [2.24, 2.45) is 28.7 Å². The highest BCUT2D eigenvalue weighted by Gasteiger charge is 2.26. The Bertz CT molecular complexity index is 2960. The molecule has 338 valence electrons. The van der Waals surface area contributed by atoms with Gasteiger partial charge in [0.05, 0.1) is 11.0 Å². The summed E-state index contributed by atoms with van der Waals surface area (Å²) < 4.78 is 43.0. The summed E-state index contributed by atoms with van der Waals surface area (Å²) in [6.45, 7) is 28.5. The fourth-order valence-electron chi connectivity index (χ4n) is 8.71. The Hall–Kier alpha value is -5.78. The van der Waals surface area contributed by atoms with Gasteiger partial charge in [-0.25, -0.2) is 4.99 Å². The minimum Gasteiger partial charge on any atom is -0.456 e. The summed E-state index contributed by atoms with van der Waals surface area (Å²) in [6, 6.07) is 17.7. The number of benzene rings is 5. The molecule has 6 rings (SSSR count). The molecule has 0 fully saturated rings. The molecule has 0 spiro atoms. The van der Waals surface area contributed by atoms with Gasteiger partial charge in [-0.3, -0.25) is 14.1 Å². The van der Waals surface area contributed by atoms with Gasteiger partial charge in [-0.2, -0.15) is 8.42 Å². The number of nitrogens with zero attached hydrogens (tertiary/aromatic N) is 1. The SMILES string of the molecule is Cc1c(CC(C)C)c(C)c(NC(=O)C(C)C)c(C)c1N=c1ccc2c(-c3ccccc3S(=O)(=O)O)c3ccc(Nc4c(C)c(CC(C)C)c(C)c(NC(=O)C(C)C)c4C)cc3oc-2c1. The minimum atomic E-state index is -4.63. The average molecular weight is 885 g/mol. The Morgan fingerprint density at radius 1 is 0.641 bits per heavy atom. The Morgan fingerprint density at radius 2 is 1.19 bits per heavy atom. The number of nitrogens with one attached hydrogen (secondary N) is 3. The van der Waals surface area contributed by atoms with Crippen LogP contribution in [-0.4, -0.2) is 24.8 Å². The van der Waals surface area contributed by atoms with Crippen LogP contribution >= 0.6 is 0 Å². The van der Waals surface area contributed by atoms with Gasteiger partial charge in [0.1, 0.15) is 16.2 Å². The first-order chi connectivity index (χ1) is 30.0. The zero-order valence-electron chi connectivity index (χ0n) is 39.8. The van der Waals surface area contributed by atoms with Crippen molar-refractivity contribution in [2.45, 2.75) is 115 Å². The molecule has 0 saturated heterocycles. The molecule has 11 heteroatoms. The van der Waals surface area contributed by atoms with E-state index in [1.54, 1.807) is 18.2 Å². The number of hydrogen-bond donors (Lipinski definition) is 4. The van der Waals surface area contributed by atoms with E-state index in [2.05, 4.69) is 71.3 Å². The van der Waals surface area contributed by atoms with Crippen molar-refractivity contribution < 1.29 is 27.0 Å². The minimum absolute atomic E-state index is 0.0567. The van der Waals surface area contributed by atoms with Crippen molar-refractivity contribution >= 4 is 61.3 Å². The van der Waals surface area contributed by atoms with Crippen LogP contribution in [0.2, 0.25) is 0 Å². The first-order valence-corrected chi connectivity index (χ1v) is 23.7. The van der Waals surface area contributed by atoms with Crippen molar-refractivity contribution in [3.05, 3.63) is 111 Å². The highest BCUT2D eigenvalue weighted by molar-refractivity contribution is 7.86. The van der Waals surface area contributed by atoms with E-state index in [-0.39, 0.29) is 28.5 Å². The van der Waals surface area contributed by atoms with Crippen LogP contribution < -0.4 is 21.3 Å². The lowest BCUT2D eigenvalue weighted by atomic mass is 9.89. The maximum Gasteiger partial charge on any atom is 0.295 e. The molecule has 4 N–H and O–H groups in total. The van der Waals surface area contributed by atoms with Crippen molar-refractivity contribution in [1.82, 2.24) is 0 Å². The van der Waals surface area contributed by atoms with Crippen LogP contribution in [0.25, 0.3) is 33.4 Å². The van der Waals surface area contributed by atoms with Crippen LogP contribution in [0.3, 0.4) is 0 Å². The molecule has 0 saturated carbocycles. The molecule has 10 nitrogen and oxygen atoms in total. The van der Waals surface area contributed by atoms with Gasteiger partial charge in [0.15, 0.2) is 0 Å². The summed E-state index contributed by atoms with van der Waals surface area (Å²) >= 11 is 0. The maximum absolute atomic E-state index is 13.1. The van der Waals surface area contributed by atoms with E-state index in [1.165, 1.54) is 11.6 Å². The molecule has 0 bridgehead atoms. The Morgan fingerprint density at radius 3 is 1.75 bits per heavy atom. The average Bonchev–Trinajstić information content (AvgIpc) is 3.22. The van der Waals surface area contributed by atoms with E-state index in [9.17, 15) is 22.6 Å². The van der Waals surface area contributed by atoms with Gasteiger partial charge < -0.3 is 20.4 Å².